The lowest BCUT2D eigenvalue weighted by Crippen LogP contribution is -2.21. The molecule has 1 aliphatic rings. The van der Waals surface area contributed by atoms with Crippen molar-refractivity contribution in [3.63, 3.8) is 0 Å². The van der Waals surface area contributed by atoms with Crippen molar-refractivity contribution in [1.29, 1.82) is 10.5 Å². The molecule has 4 aromatic rings. The molecular weight excluding hydrogens is 813 g/mol. The summed E-state index contributed by atoms with van der Waals surface area (Å²) in [4.78, 5) is 13.7. The summed E-state index contributed by atoms with van der Waals surface area (Å²) in [6.07, 6.45) is 15.9. The van der Waals surface area contributed by atoms with Gasteiger partial charge in [0, 0.05) is 36.5 Å². The molecule has 0 saturated heterocycles. The molecule has 0 spiro atoms. The molecule has 0 fully saturated rings. The van der Waals surface area contributed by atoms with Gasteiger partial charge in [-0.3, -0.25) is 10.1 Å². The summed E-state index contributed by atoms with van der Waals surface area (Å²) < 4.78 is 12.4. The molecule has 0 amide bonds. The van der Waals surface area contributed by atoms with E-state index in [2.05, 4.69) is 113 Å². The van der Waals surface area contributed by atoms with Crippen LogP contribution >= 0.6 is 11.6 Å². The number of unbranched alkanes of at least 4 members (excludes halogenated alkanes) is 1. The van der Waals surface area contributed by atoms with Crippen molar-refractivity contribution in [2.45, 2.75) is 165 Å². The zero-order chi connectivity index (χ0) is 47.4. The van der Waals surface area contributed by atoms with Gasteiger partial charge in [-0.05, 0) is 158 Å². The number of carbonyl (C=O) groups is 1. The van der Waals surface area contributed by atoms with Crippen LogP contribution in [0.2, 0.25) is 5.02 Å². The van der Waals surface area contributed by atoms with Gasteiger partial charge >= 0.3 is 0 Å². The van der Waals surface area contributed by atoms with Crippen LogP contribution in [0.15, 0.2) is 66.7 Å². The maximum absolute atomic E-state index is 12.4. The van der Waals surface area contributed by atoms with Gasteiger partial charge in [0.25, 0.3) is 0 Å². The molecule has 1 aliphatic carbocycles. The fourth-order valence-corrected chi connectivity index (χ4v) is 8.53. The first-order valence-electron chi connectivity index (χ1n) is 24.1. The van der Waals surface area contributed by atoms with E-state index >= 15 is 0 Å². The maximum atomic E-state index is 12.4. The minimum Gasteiger partial charge on any atom is -0.374 e. The molecule has 0 aliphatic heterocycles. The van der Waals surface area contributed by atoms with Gasteiger partial charge in [-0.2, -0.15) is 10.5 Å². The van der Waals surface area contributed by atoms with Crippen LogP contribution in [0, 0.1) is 35.6 Å². The van der Waals surface area contributed by atoms with Crippen molar-refractivity contribution in [3.05, 3.63) is 116 Å². The molecule has 8 heteroatoms. The molecular formula is C56H79ClFN5O. The van der Waals surface area contributed by atoms with Crippen molar-refractivity contribution < 1.29 is 9.18 Å². The van der Waals surface area contributed by atoms with Crippen LogP contribution in [0.5, 0.6) is 0 Å². The van der Waals surface area contributed by atoms with Gasteiger partial charge in [-0.15, -0.1) is 0 Å². The lowest BCUT2D eigenvalue weighted by Gasteiger charge is -2.23. The summed E-state index contributed by atoms with van der Waals surface area (Å²) in [5, 5.41) is 24.8. The Morgan fingerprint density at radius 3 is 2.17 bits per heavy atom. The molecule has 0 heterocycles. The number of nitriles is 2. The number of nitrogens with zero attached hydrogens (tertiary/aromatic N) is 3. The van der Waals surface area contributed by atoms with E-state index in [4.69, 9.17) is 16.9 Å². The fourth-order valence-electron chi connectivity index (χ4n) is 8.25. The zero-order valence-electron chi connectivity index (χ0n) is 41.0. The number of ketones is 1. The smallest absolute Gasteiger partial charge is 0.181 e. The Morgan fingerprint density at radius 2 is 1.55 bits per heavy atom. The molecule has 64 heavy (non-hydrogen) atoms. The van der Waals surface area contributed by atoms with Gasteiger partial charge in [-0.25, -0.2) is 4.39 Å². The van der Waals surface area contributed by atoms with Gasteiger partial charge < -0.3 is 10.2 Å². The molecule has 6 nitrogen and oxygen atoms in total. The van der Waals surface area contributed by atoms with Crippen LogP contribution in [0.4, 0.5) is 15.8 Å². The van der Waals surface area contributed by atoms with Crippen molar-refractivity contribution in [2.75, 3.05) is 30.4 Å². The lowest BCUT2D eigenvalue weighted by atomic mass is 9.89. The van der Waals surface area contributed by atoms with Gasteiger partial charge in [0.1, 0.15) is 12.0 Å². The predicted molar refractivity (Wildman–Crippen MR) is 272 cm³/mol. The normalized spacial score (nSPS) is 11.7. The summed E-state index contributed by atoms with van der Waals surface area (Å²) in [5.74, 6) is 0.411. The third-order valence-corrected chi connectivity index (χ3v) is 11.6. The molecule has 5 rings (SSSR count). The van der Waals surface area contributed by atoms with Gasteiger partial charge in [0.05, 0.1) is 18.2 Å². The number of hydrogen-bond donors (Lipinski definition) is 2. The highest BCUT2D eigenvalue weighted by atomic mass is 35.5. The second kappa shape index (κ2) is 31.2. The van der Waals surface area contributed by atoms with E-state index in [1.807, 2.05) is 38.2 Å². The number of anilines is 2. The average molecular weight is 893 g/mol. The van der Waals surface area contributed by atoms with Crippen molar-refractivity contribution >= 4 is 28.8 Å². The van der Waals surface area contributed by atoms with Crippen LogP contribution in [0.3, 0.4) is 0 Å². The Balaban J connectivity index is 0.000000368. The third-order valence-electron chi connectivity index (χ3n) is 11.3. The Labute approximate surface area is 393 Å². The first kappa shape index (κ1) is 55.4. The number of halogens is 2. The Hall–Kier alpha value is -4.69. The molecule has 348 valence electrons. The molecule has 0 aromatic heterocycles. The van der Waals surface area contributed by atoms with Crippen LogP contribution in [-0.2, 0) is 43.4 Å². The van der Waals surface area contributed by atoms with Gasteiger partial charge in [-0.1, -0.05) is 129 Å². The number of rotatable bonds is 20. The molecule has 4 aromatic carbocycles. The van der Waals surface area contributed by atoms with Gasteiger partial charge in [0.2, 0.25) is 0 Å². The van der Waals surface area contributed by atoms with Crippen LogP contribution in [0.1, 0.15) is 158 Å². The van der Waals surface area contributed by atoms with Crippen LogP contribution in [0.25, 0.3) is 11.1 Å². The summed E-state index contributed by atoms with van der Waals surface area (Å²) in [6, 6.07) is 25.4. The first-order valence-corrected chi connectivity index (χ1v) is 24.4. The van der Waals surface area contributed by atoms with E-state index < -0.39 is 6.17 Å². The highest BCUT2D eigenvalue weighted by Gasteiger charge is 2.18. The second-order valence-corrected chi connectivity index (χ2v) is 17.9. The predicted octanol–water partition coefficient (Wildman–Crippen LogP) is 14.9. The Bertz CT molecular complexity index is 2080. The number of Topliss-reactive ketones (excluding diaryl/α,β-unsaturated/α-hetero) is 1. The van der Waals surface area contributed by atoms with E-state index in [0.29, 0.717) is 30.3 Å². The van der Waals surface area contributed by atoms with Crippen LogP contribution in [-0.4, -0.2) is 32.1 Å². The summed E-state index contributed by atoms with van der Waals surface area (Å²) in [7, 11) is 2.22. The lowest BCUT2D eigenvalue weighted by molar-refractivity contribution is -0.116. The number of alkyl halides is 1. The van der Waals surface area contributed by atoms with Crippen molar-refractivity contribution in [3.8, 4) is 23.4 Å². The zero-order valence-corrected chi connectivity index (χ0v) is 41.8. The highest BCUT2D eigenvalue weighted by Crippen LogP contribution is 2.37. The van der Waals surface area contributed by atoms with Gasteiger partial charge in [0.15, 0.2) is 6.19 Å². The summed E-state index contributed by atoms with van der Waals surface area (Å²) >= 11 is 6.51. The minimum atomic E-state index is -0.537. The fraction of sp³-hybridized carbons (Fsp3) is 0.518. The van der Waals surface area contributed by atoms with E-state index in [9.17, 15) is 14.4 Å². The van der Waals surface area contributed by atoms with Crippen molar-refractivity contribution in [1.82, 2.24) is 5.32 Å². The number of benzene rings is 4. The SMILES string of the molecule is CCC.CCCC(F)CCC.CCCCN(C)c1cccc(-c2cccc3c2CCC3)c1C.CCCc1cc(CC(C)Cc2cc(C#N)cc(NC#N)c2)c(CNCC(C)=O)cc1Cl. The minimum absolute atomic E-state index is 0.0998. The number of aryl methyl sites for hydroxylation is 2. The number of carbonyl (C=O) groups excluding carboxylic acids is 1. The monoisotopic (exact) mass is 892 g/mol. The number of hydrogen-bond acceptors (Lipinski definition) is 6. The molecule has 0 saturated carbocycles. The average Bonchev–Trinajstić information content (AvgIpc) is 3.75. The Kier molecular flexibility index (Phi) is 27.1. The van der Waals surface area contributed by atoms with E-state index in [1.54, 1.807) is 24.1 Å². The standard InChI is InChI=1S/C25H29ClN4O.C21H27N.C7H15F.C3H8/c1-4-5-21-11-22(23(12-25(21)26)15-29-14-18(3)31)7-17(2)6-19-8-20(13-27)10-24(9-19)30-16-28;1-4-5-15-22(3)21-14-8-11-18(16(21)2)20-13-7-10-17-9-6-12-19(17)20;1-3-5-7(8)6-4-2;1-3-2/h8-12,17,29-30H,4-7,14-15H2,1-3H3;7-8,10-11,13-14H,4-6,9,12,15H2,1-3H3;7H,3-6H2,1-2H3;3H2,1-2H3. The maximum Gasteiger partial charge on any atom is 0.181 e. The highest BCUT2D eigenvalue weighted by molar-refractivity contribution is 6.31. The quantitative estimate of drug-likeness (QED) is 0.0678. The van der Waals surface area contributed by atoms with E-state index in [-0.39, 0.29) is 5.78 Å². The van der Waals surface area contributed by atoms with Crippen LogP contribution < -0.4 is 15.5 Å². The largest absolute Gasteiger partial charge is 0.374 e. The van der Waals surface area contributed by atoms with E-state index in [0.717, 1.165) is 79.6 Å². The summed E-state index contributed by atoms with van der Waals surface area (Å²) in [6.45, 7) is 20.8. The molecule has 0 radical (unpaired) electrons. The molecule has 0 bridgehead atoms. The first-order chi connectivity index (χ1) is 30.8. The number of fused-ring (bicyclic) bond motifs is 1. The van der Waals surface area contributed by atoms with E-state index in [1.165, 1.54) is 66.5 Å². The third kappa shape index (κ3) is 19.2. The second-order valence-electron chi connectivity index (χ2n) is 17.5. The molecule has 1 atom stereocenters. The Morgan fingerprint density at radius 1 is 0.859 bits per heavy atom. The van der Waals surface area contributed by atoms with Crippen molar-refractivity contribution in [2.24, 2.45) is 5.92 Å². The topological polar surface area (TPSA) is 91.9 Å². The number of nitrogens with one attached hydrogen (secondary N) is 2. The molecule has 1 unspecified atom stereocenters. The summed E-state index contributed by atoms with van der Waals surface area (Å²) in [5.41, 5.74) is 14.5. The molecule has 2 N–H and O–H groups in total.